The quantitative estimate of drug-likeness (QED) is 0.824. The molecule has 0 amide bonds. The minimum absolute atomic E-state index is 0.334. The van der Waals surface area contributed by atoms with E-state index in [-0.39, 0.29) is 0 Å². The molecule has 90 valence electrons. The van der Waals surface area contributed by atoms with Crippen LogP contribution in [-0.2, 0) is 11.3 Å². The second kappa shape index (κ2) is 4.55. The molecule has 0 saturated carbocycles. The summed E-state index contributed by atoms with van der Waals surface area (Å²) in [5.74, 6) is 0. The maximum Gasteiger partial charge on any atom is 0.0762 e. The number of hydrogen-bond acceptors (Lipinski definition) is 3. The largest absolute Gasteiger partial charge is 0.380 e. The lowest BCUT2D eigenvalue weighted by Crippen LogP contribution is -2.47. The molecule has 16 heavy (non-hydrogen) atoms. The van der Waals surface area contributed by atoms with E-state index in [1.165, 1.54) is 0 Å². The number of nitrogens with zero attached hydrogens (tertiary/aromatic N) is 2. The van der Waals surface area contributed by atoms with Crippen LogP contribution < -0.4 is 5.32 Å². The van der Waals surface area contributed by atoms with Gasteiger partial charge in [0.1, 0.15) is 0 Å². The average molecular weight is 223 g/mol. The van der Waals surface area contributed by atoms with E-state index in [1.54, 1.807) is 0 Å². The summed E-state index contributed by atoms with van der Waals surface area (Å²) in [7, 11) is 0. The lowest BCUT2D eigenvalue weighted by molar-refractivity contribution is -0.0991. The molecular formula is C12H21N3O. The summed E-state index contributed by atoms with van der Waals surface area (Å²) in [6.07, 6.45) is 2.04. The molecule has 1 N–H and O–H groups in total. The number of hydrogen-bond donors (Lipinski definition) is 1. The second-order valence-electron chi connectivity index (χ2n) is 5.29. The van der Waals surface area contributed by atoms with Gasteiger partial charge in [-0.15, -0.1) is 0 Å². The smallest absolute Gasteiger partial charge is 0.0762 e. The summed E-state index contributed by atoms with van der Waals surface area (Å²) < 4.78 is 7.21. The number of rotatable bonds is 5. The van der Waals surface area contributed by atoms with Crippen LogP contribution in [-0.4, -0.2) is 29.5 Å². The predicted molar refractivity (Wildman–Crippen MR) is 63.2 cm³/mol. The van der Waals surface area contributed by atoms with E-state index in [0.29, 0.717) is 11.5 Å². The molecule has 1 aliphatic heterocycles. The van der Waals surface area contributed by atoms with Gasteiger partial charge in [0, 0.05) is 30.7 Å². The van der Waals surface area contributed by atoms with Gasteiger partial charge in [-0.2, -0.15) is 5.10 Å². The van der Waals surface area contributed by atoms with E-state index in [2.05, 4.69) is 37.3 Å². The van der Waals surface area contributed by atoms with Crippen molar-refractivity contribution in [2.75, 3.05) is 19.8 Å². The zero-order valence-corrected chi connectivity index (χ0v) is 10.4. The van der Waals surface area contributed by atoms with Gasteiger partial charge in [-0.05, 0) is 19.9 Å². The van der Waals surface area contributed by atoms with E-state index in [9.17, 15) is 0 Å². The van der Waals surface area contributed by atoms with Gasteiger partial charge in [-0.1, -0.05) is 6.92 Å². The fourth-order valence-corrected chi connectivity index (χ4v) is 1.80. The topological polar surface area (TPSA) is 39.1 Å². The number of ether oxygens (including phenoxy) is 1. The average Bonchev–Trinajstić information content (AvgIpc) is 2.64. The van der Waals surface area contributed by atoms with Crippen LogP contribution in [0, 0.1) is 5.41 Å². The van der Waals surface area contributed by atoms with E-state index in [0.717, 1.165) is 32.0 Å². The fraction of sp³-hybridized carbons (Fsp3) is 0.750. The van der Waals surface area contributed by atoms with E-state index >= 15 is 0 Å². The van der Waals surface area contributed by atoms with Crippen molar-refractivity contribution in [2.45, 2.75) is 33.4 Å². The monoisotopic (exact) mass is 223 g/mol. The number of nitrogens with one attached hydrogen (secondary N) is 1. The Morgan fingerprint density at radius 1 is 1.56 bits per heavy atom. The van der Waals surface area contributed by atoms with Gasteiger partial charge in [0.2, 0.25) is 0 Å². The SMILES string of the molecule is CC(C)n1ccc(CNCC2(C)COC2)n1. The van der Waals surface area contributed by atoms with Crippen LogP contribution in [0.15, 0.2) is 12.3 Å². The normalized spacial score (nSPS) is 18.8. The Morgan fingerprint density at radius 2 is 2.31 bits per heavy atom. The minimum Gasteiger partial charge on any atom is -0.380 e. The van der Waals surface area contributed by atoms with Crippen LogP contribution >= 0.6 is 0 Å². The molecule has 0 atom stereocenters. The van der Waals surface area contributed by atoms with Crippen molar-refractivity contribution in [1.29, 1.82) is 0 Å². The Balaban J connectivity index is 1.76. The minimum atomic E-state index is 0.334. The van der Waals surface area contributed by atoms with Crippen molar-refractivity contribution in [3.8, 4) is 0 Å². The summed E-state index contributed by atoms with van der Waals surface area (Å²) in [6, 6.07) is 2.51. The van der Waals surface area contributed by atoms with Crippen molar-refractivity contribution in [3.63, 3.8) is 0 Å². The van der Waals surface area contributed by atoms with Gasteiger partial charge in [0.15, 0.2) is 0 Å². The van der Waals surface area contributed by atoms with Crippen LogP contribution in [0.4, 0.5) is 0 Å². The third-order valence-corrected chi connectivity index (χ3v) is 2.95. The van der Waals surface area contributed by atoms with E-state index in [4.69, 9.17) is 4.74 Å². The van der Waals surface area contributed by atoms with Gasteiger partial charge in [-0.25, -0.2) is 0 Å². The molecule has 1 aromatic heterocycles. The second-order valence-corrected chi connectivity index (χ2v) is 5.29. The first-order valence-electron chi connectivity index (χ1n) is 5.92. The Bertz CT molecular complexity index is 342. The Morgan fingerprint density at radius 3 is 2.81 bits per heavy atom. The van der Waals surface area contributed by atoms with Crippen molar-refractivity contribution >= 4 is 0 Å². The highest BCUT2D eigenvalue weighted by Crippen LogP contribution is 2.25. The molecule has 2 heterocycles. The van der Waals surface area contributed by atoms with E-state index in [1.807, 2.05) is 10.9 Å². The lowest BCUT2D eigenvalue weighted by atomic mass is 9.89. The van der Waals surface area contributed by atoms with Crippen molar-refractivity contribution in [3.05, 3.63) is 18.0 Å². The van der Waals surface area contributed by atoms with Crippen LogP contribution in [0.5, 0.6) is 0 Å². The van der Waals surface area contributed by atoms with Crippen LogP contribution in [0.1, 0.15) is 32.5 Å². The first kappa shape index (κ1) is 11.6. The first-order chi connectivity index (χ1) is 7.59. The summed E-state index contributed by atoms with van der Waals surface area (Å²) in [5.41, 5.74) is 1.44. The highest BCUT2D eigenvalue weighted by atomic mass is 16.5. The molecule has 4 nitrogen and oxygen atoms in total. The van der Waals surface area contributed by atoms with Crippen LogP contribution in [0.2, 0.25) is 0 Å². The van der Waals surface area contributed by atoms with E-state index < -0.39 is 0 Å². The van der Waals surface area contributed by atoms with Crippen molar-refractivity contribution < 1.29 is 4.74 Å². The first-order valence-corrected chi connectivity index (χ1v) is 5.92. The zero-order chi connectivity index (χ0) is 11.6. The molecule has 0 radical (unpaired) electrons. The number of aromatic nitrogens is 2. The molecule has 0 bridgehead atoms. The third-order valence-electron chi connectivity index (χ3n) is 2.95. The maximum atomic E-state index is 5.22. The van der Waals surface area contributed by atoms with Crippen molar-refractivity contribution in [1.82, 2.24) is 15.1 Å². The highest BCUT2D eigenvalue weighted by Gasteiger charge is 2.32. The molecule has 4 heteroatoms. The van der Waals surface area contributed by atoms with Gasteiger partial charge in [0.25, 0.3) is 0 Å². The molecule has 1 aliphatic rings. The molecule has 2 rings (SSSR count). The summed E-state index contributed by atoms with van der Waals surface area (Å²) in [4.78, 5) is 0. The molecule has 0 unspecified atom stereocenters. The zero-order valence-electron chi connectivity index (χ0n) is 10.4. The standard InChI is InChI=1S/C12H21N3O/c1-10(2)15-5-4-11(14-15)6-13-7-12(3)8-16-9-12/h4-5,10,13H,6-9H2,1-3H3. The van der Waals surface area contributed by atoms with Gasteiger partial charge in [-0.3, -0.25) is 4.68 Å². The molecule has 0 aliphatic carbocycles. The van der Waals surface area contributed by atoms with Gasteiger partial charge in [0.05, 0.1) is 18.9 Å². The Hall–Kier alpha value is -0.870. The maximum absolute atomic E-state index is 5.22. The Labute approximate surface area is 97.0 Å². The molecule has 0 aromatic carbocycles. The summed E-state index contributed by atoms with van der Waals surface area (Å²) in [6.45, 7) is 10.1. The van der Waals surface area contributed by atoms with Gasteiger partial charge >= 0.3 is 0 Å². The Kier molecular flexibility index (Phi) is 3.30. The van der Waals surface area contributed by atoms with Crippen LogP contribution in [0.3, 0.4) is 0 Å². The molecule has 1 saturated heterocycles. The van der Waals surface area contributed by atoms with Crippen molar-refractivity contribution in [2.24, 2.45) is 5.41 Å². The lowest BCUT2D eigenvalue weighted by Gasteiger charge is -2.38. The predicted octanol–water partition coefficient (Wildman–Crippen LogP) is 1.59. The summed E-state index contributed by atoms with van der Waals surface area (Å²) in [5, 5.41) is 7.94. The highest BCUT2D eigenvalue weighted by molar-refractivity contribution is 4.99. The molecule has 1 aromatic rings. The van der Waals surface area contributed by atoms with Crippen LogP contribution in [0.25, 0.3) is 0 Å². The molecule has 1 fully saturated rings. The summed E-state index contributed by atoms with van der Waals surface area (Å²) >= 11 is 0. The third kappa shape index (κ3) is 2.62. The molecule has 0 spiro atoms. The molecular weight excluding hydrogens is 202 g/mol. The van der Waals surface area contributed by atoms with Gasteiger partial charge < -0.3 is 10.1 Å². The fourth-order valence-electron chi connectivity index (χ4n) is 1.80.